The van der Waals surface area contributed by atoms with Crippen LogP contribution in [0.1, 0.15) is 59.1 Å². The second-order valence-electron chi connectivity index (χ2n) is 6.49. The zero-order valence-electron chi connectivity index (χ0n) is 13.9. The van der Waals surface area contributed by atoms with Crippen molar-refractivity contribution in [2.75, 3.05) is 13.7 Å². The quantitative estimate of drug-likeness (QED) is 0.794. The van der Waals surface area contributed by atoms with E-state index in [0.717, 1.165) is 25.9 Å². The average molecular weight is 281 g/mol. The van der Waals surface area contributed by atoms with Crippen molar-refractivity contribution >= 4 is 0 Å². The summed E-state index contributed by atoms with van der Waals surface area (Å²) in [6, 6.07) is 0.186. The van der Waals surface area contributed by atoms with E-state index in [1.54, 1.807) is 7.11 Å². The number of nitrogens with zero attached hydrogens (tertiary/aromatic N) is 2. The van der Waals surface area contributed by atoms with Gasteiger partial charge in [-0.1, -0.05) is 34.6 Å². The summed E-state index contributed by atoms with van der Waals surface area (Å²) in [4.78, 5) is 0. The monoisotopic (exact) mass is 281 g/mol. The lowest BCUT2D eigenvalue weighted by molar-refractivity contribution is -0.0119. The van der Waals surface area contributed by atoms with Crippen LogP contribution < -0.4 is 5.32 Å². The van der Waals surface area contributed by atoms with Gasteiger partial charge in [-0.3, -0.25) is 4.68 Å². The van der Waals surface area contributed by atoms with Crippen molar-refractivity contribution in [2.24, 2.45) is 5.41 Å². The molecule has 0 fully saturated rings. The second-order valence-corrected chi connectivity index (χ2v) is 6.49. The van der Waals surface area contributed by atoms with Crippen LogP contribution in [-0.2, 0) is 11.3 Å². The highest BCUT2D eigenvalue weighted by Crippen LogP contribution is 2.32. The SMILES string of the molecule is CCCNC(c1cnn(CCC)c1)C(OC)C(C)(C)C. The van der Waals surface area contributed by atoms with Gasteiger partial charge in [0.1, 0.15) is 0 Å². The van der Waals surface area contributed by atoms with Crippen molar-refractivity contribution in [3.05, 3.63) is 18.0 Å². The highest BCUT2D eigenvalue weighted by Gasteiger charge is 2.33. The maximum Gasteiger partial charge on any atom is 0.0815 e. The van der Waals surface area contributed by atoms with Gasteiger partial charge >= 0.3 is 0 Å². The molecule has 0 saturated carbocycles. The molecule has 4 heteroatoms. The van der Waals surface area contributed by atoms with Crippen LogP contribution in [-0.4, -0.2) is 29.5 Å². The molecule has 0 saturated heterocycles. The van der Waals surface area contributed by atoms with Crippen LogP contribution in [0.3, 0.4) is 0 Å². The highest BCUT2D eigenvalue weighted by atomic mass is 16.5. The maximum absolute atomic E-state index is 5.80. The highest BCUT2D eigenvalue weighted by molar-refractivity contribution is 5.14. The predicted molar refractivity (Wildman–Crippen MR) is 83.8 cm³/mol. The summed E-state index contributed by atoms with van der Waals surface area (Å²) in [6.45, 7) is 13.0. The molecule has 0 spiro atoms. The van der Waals surface area contributed by atoms with E-state index >= 15 is 0 Å². The van der Waals surface area contributed by atoms with Crippen molar-refractivity contribution in [3.8, 4) is 0 Å². The normalized spacial score (nSPS) is 15.3. The molecule has 116 valence electrons. The van der Waals surface area contributed by atoms with Gasteiger partial charge in [-0.15, -0.1) is 0 Å². The molecular weight excluding hydrogens is 250 g/mol. The summed E-state index contributed by atoms with van der Waals surface area (Å²) in [5.41, 5.74) is 1.29. The molecule has 1 N–H and O–H groups in total. The standard InChI is InChI=1S/C16H31N3O/c1-7-9-17-14(15(20-6)16(3,4)5)13-11-18-19(12-13)10-8-2/h11-12,14-15,17H,7-10H2,1-6H3. The minimum atomic E-state index is 0.0764. The predicted octanol–water partition coefficient (Wildman–Crippen LogP) is 3.39. The lowest BCUT2D eigenvalue weighted by atomic mass is 9.82. The summed E-state index contributed by atoms with van der Waals surface area (Å²) in [7, 11) is 1.80. The summed E-state index contributed by atoms with van der Waals surface area (Å²) < 4.78 is 7.82. The Labute approximate surface area is 123 Å². The largest absolute Gasteiger partial charge is 0.379 e. The van der Waals surface area contributed by atoms with Crippen LogP contribution in [0.4, 0.5) is 0 Å². The molecule has 0 radical (unpaired) electrons. The Balaban J connectivity index is 2.96. The Morgan fingerprint density at radius 3 is 2.50 bits per heavy atom. The van der Waals surface area contributed by atoms with Gasteiger partial charge in [0.05, 0.1) is 18.3 Å². The Morgan fingerprint density at radius 2 is 2.00 bits per heavy atom. The Hall–Kier alpha value is -0.870. The molecule has 1 aromatic heterocycles. The van der Waals surface area contributed by atoms with E-state index in [4.69, 9.17) is 4.74 Å². The molecule has 0 bridgehead atoms. The maximum atomic E-state index is 5.80. The topological polar surface area (TPSA) is 39.1 Å². The van der Waals surface area contributed by atoms with Gasteiger partial charge in [0.2, 0.25) is 0 Å². The van der Waals surface area contributed by atoms with Crippen LogP contribution in [0.25, 0.3) is 0 Å². The van der Waals surface area contributed by atoms with E-state index in [1.165, 1.54) is 5.56 Å². The Morgan fingerprint density at radius 1 is 1.30 bits per heavy atom. The summed E-state index contributed by atoms with van der Waals surface area (Å²) >= 11 is 0. The number of methoxy groups -OCH3 is 1. The molecular formula is C16H31N3O. The molecule has 2 unspecified atom stereocenters. The average Bonchev–Trinajstić information content (AvgIpc) is 2.81. The summed E-state index contributed by atoms with van der Waals surface area (Å²) in [6.07, 6.45) is 6.45. The number of hydrogen-bond acceptors (Lipinski definition) is 3. The van der Waals surface area contributed by atoms with E-state index in [1.807, 2.05) is 10.9 Å². The third-order valence-corrected chi connectivity index (χ3v) is 3.49. The van der Waals surface area contributed by atoms with Crippen molar-refractivity contribution < 1.29 is 4.74 Å². The number of ether oxygens (including phenoxy) is 1. The minimum absolute atomic E-state index is 0.0764. The van der Waals surface area contributed by atoms with Crippen molar-refractivity contribution in [1.29, 1.82) is 0 Å². The van der Waals surface area contributed by atoms with Gasteiger partial charge in [0.25, 0.3) is 0 Å². The van der Waals surface area contributed by atoms with E-state index in [9.17, 15) is 0 Å². The molecule has 0 aliphatic carbocycles. The third-order valence-electron chi connectivity index (χ3n) is 3.49. The summed E-state index contributed by atoms with van der Waals surface area (Å²) in [5.74, 6) is 0. The second kappa shape index (κ2) is 7.79. The van der Waals surface area contributed by atoms with Crippen molar-refractivity contribution in [1.82, 2.24) is 15.1 Å². The van der Waals surface area contributed by atoms with Gasteiger partial charge < -0.3 is 10.1 Å². The number of rotatable bonds is 8. The Bertz CT molecular complexity index is 381. The first-order valence-corrected chi connectivity index (χ1v) is 7.72. The van der Waals surface area contributed by atoms with Crippen molar-refractivity contribution in [3.63, 3.8) is 0 Å². The summed E-state index contributed by atoms with van der Waals surface area (Å²) in [5, 5.41) is 8.08. The van der Waals surface area contributed by atoms with Gasteiger partial charge in [0, 0.05) is 25.4 Å². The van der Waals surface area contributed by atoms with Gasteiger partial charge in [-0.25, -0.2) is 0 Å². The lowest BCUT2D eigenvalue weighted by Crippen LogP contribution is -2.41. The van der Waals surface area contributed by atoms with E-state index < -0.39 is 0 Å². The first-order valence-electron chi connectivity index (χ1n) is 7.72. The first kappa shape index (κ1) is 17.2. The molecule has 0 aromatic carbocycles. The minimum Gasteiger partial charge on any atom is -0.379 e. The molecule has 20 heavy (non-hydrogen) atoms. The molecule has 2 atom stereocenters. The number of aryl methyl sites for hydroxylation is 1. The molecule has 0 aliphatic rings. The molecule has 1 rings (SSSR count). The number of aromatic nitrogens is 2. The smallest absolute Gasteiger partial charge is 0.0815 e. The van der Waals surface area contributed by atoms with Crippen LogP contribution in [0.2, 0.25) is 0 Å². The number of nitrogens with one attached hydrogen (secondary N) is 1. The first-order chi connectivity index (χ1) is 9.43. The van der Waals surface area contributed by atoms with Gasteiger partial charge in [-0.05, 0) is 24.8 Å². The fraction of sp³-hybridized carbons (Fsp3) is 0.812. The van der Waals surface area contributed by atoms with Gasteiger partial charge in [0.15, 0.2) is 0 Å². The molecule has 1 heterocycles. The number of hydrogen-bond donors (Lipinski definition) is 1. The third kappa shape index (κ3) is 4.60. The fourth-order valence-corrected chi connectivity index (χ4v) is 2.58. The fourth-order valence-electron chi connectivity index (χ4n) is 2.58. The Kier molecular flexibility index (Phi) is 6.69. The molecule has 0 amide bonds. The molecule has 0 aliphatic heterocycles. The van der Waals surface area contributed by atoms with Crippen LogP contribution >= 0.6 is 0 Å². The lowest BCUT2D eigenvalue weighted by Gasteiger charge is -2.36. The van der Waals surface area contributed by atoms with Crippen LogP contribution in [0, 0.1) is 5.41 Å². The van der Waals surface area contributed by atoms with Crippen molar-refractivity contribution in [2.45, 2.75) is 66.2 Å². The van der Waals surface area contributed by atoms with Crippen LogP contribution in [0.15, 0.2) is 12.4 Å². The van der Waals surface area contributed by atoms with E-state index in [0.29, 0.717) is 0 Å². The molecule has 4 nitrogen and oxygen atoms in total. The zero-order chi connectivity index (χ0) is 15.2. The zero-order valence-corrected chi connectivity index (χ0v) is 13.9. The van der Waals surface area contributed by atoms with Gasteiger partial charge in [-0.2, -0.15) is 5.10 Å². The van der Waals surface area contributed by atoms with Crippen LogP contribution in [0.5, 0.6) is 0 Å². The molecule has 1 aromatic rings. The van der Waals surface area contributed by atoms with E-state index in [-0.39, 0.29) is 17.6 Å². The van der Waals surface area contributed by atoms with E-state index in [2.05, 4.69) is 51.2 Å².